The monoisotopic (exact) mass is 793 g/mol. The first-order valence-electron chi connectivity index (χ1n) is 23.4. The predicted molar refractivity (Wildman–Crippen MR) is 247 cm³/mol. The van der Waals surface area contributed by atoms with Crippen LogP contribution in [0.4, 0.5) is 0 Å². The van der Waals surface area contributed by atoms with Crippen LogP contribution in [0.15, 0.2) is 24.3 Å². The van der Waals surface area contributed by atoms with Crippen LogP contribution in [0.3, 0.4) is 0 Å². The van der Waals surface area contributed by atoms with Gasteiger partial charge in [-0.3, -0.25) is 0 Å². The van der Waals surface area contributed by atoms with Gasteiger partial charge in [-0.15, -0.1) is 0 Å². The van der Waals surface area contributed by atoms with Gasteiger partial charge in [-0.2, -0.15) is 0 Å². The van der Waals surface area contributed by atoms with Crippen LogP contribution >= 0.6 is 0 Å². The maximum absolute atomic E-state index is 14.4. The van der Waals surface area contributed by atoms with E-state index in [4.69, 9.17) is 0 Å². The second-order valence-electron chi connectivity index (χ2n) is 22.0. The molecule has 0 unspecified atom stereocenters. The highest BCUT2D eigenvalue weighted by molar-refractivity contribution is 5.60. The van der Waals surface area contributed by atoms with E-state index in [0.717, 1.165) is 59.1 Å². The lowest BCUT2D eigenvalue weighted by Crippen LogP contribution is -2.57. The van der Waals surface area contributed by atoms with Crippen molar-refractivity contribution in [2.75, 3.05) is 19.8 Å². The van der Waals surface area contributed by atoms with Crippen molar-refractivity contribution < 1.29 is 20.4 Å². The molecular formula is C53H92O4. The normalized spacial score (nSPS) is 13.5. The van der Waals surface area contributed by atoms with Gasteiger partial charge in [-0.1, -0.05) is 211 Å². The molecule has 4 N–H and O–H groups in total. The number of aliphatic hydroxyl groups is 4. The van der Waals surface area contributed by atoms with Gasteiger partial charge in [0.2, 0.25) is 0 Å². The smallest absolute Gasteiger partial charge is 0.128 e. The van der Waals surface area contributed by atoms with E-state index < -0.39 is 52.5 Å². The molecule has 2 rings (SSSR count). The Bertz CT molecular complexity index is 1290. The number of hydrogen-bond donors (Lipinski definition) is 4. The highest BCUT2D eigenvalue weighted by Gasteiger charge is 2.58. The Kier molecular flexibility index (Phi) is 20.0. The molecule has 0 saturated carbocycles. The second kappa shape index (κ2) is 22.2. The highest BCUT2D eigenvalue weighted by atomic mass is 16.3. The molecule has 0 fully saturated rings. The molecule has 4 nitrogen and oxygen atoms in total. The van der Waals surface area contributed by atoms with Gasteiger partial charge in [-0.05, 0) is 91.9 Å². The predicted octanol–water partition coefficient (Wildman–Crippen LogP) is 13.4. The van der Waals surface area contributed by atoms with Crippen LogP contribution in [0.5, 0.6) is 0 Å². The van der Waals surface area contributed by atoms with Gasteiger partial charge < -0.3 is 20.4 Å². The average molecular weight is 793 g/mol. The van der Waals surface area contributed by atoms with Crippen LogP contribution in [-0.4, -0.2) is 40.2 Å². The van der Waals surface area contributed by atoms with E-state index in [1.165, 1.54) is 101 Å². The number of aliphatic hydroxyl groups excluding tert-OH is 3. The van der Waals surface area contributed by atoms with Crippen LogP contribution in [0.25, 0.3) is 0 Å². The number of benzene rings is 2. The van der Waals surface area contributed by atoms with Crippen molar-refractivity contribution in [3.8, 4) is 0 Å². The molecule has 4 heteroatoms. The first kappa shape index (κ1) is 51.4. The van der Waals surface area contributed by atoms with E-state index in [1.54, 1.807) is 0 Å². The third-order valence-electron chi connectivity index (χ3n) is 12.7. The zero-order chi connectivity index (χ0) is 43.3. The summed E-state index contributed by atoms with van der Waals surface area (Å²) in [5.74, 6) is 0. The van der Waals surface area contributed by atoms with Crippen molar-refractivity contribution in [2.45, 2.75) is 240 Å². The Morgan fingerprint density at radius 1 is 0.368 bits per heavy atom. The van der Waals surface area contributed by atoms with Crippen molar-refractivity contribution in [3.05, 3.63) is 68.8 Å². The maximum atomic E-state index is 14.4. The molecule has 0 aliphatic heterocycles. The van der Waals surface area contributed by atoms with Crippen LogP contribution < -0.4 is 0 Å². The van der Waals surface area contributed by atoms with Gasteiger partial charge in [0.1, 0.15) is 5.60 Å². The third kappa shape index (κ3) is 13.6. The van der Waals surface area contributed by atoms with E-state index in [9.17, 15) is 20.4 Å². The molecule has 0 aliphatic carbocycles. The Labute approximate surface area is 353 Å². The van der Waals surface area contributed by atoms with Crippen LogP contribution in [-0.2, 0) is 40.1 Å². The fourth-order valence-corrected chi connectivity index (χ4v) is 8.91. The molecule has 328 valence electrons. The zero-order valence-electron chi connectivity index (χ0n) is 39.9. The first-order chi connectivity index (χ1) is 26.5. The summed E-state index contributed by atoms with van der Waals surface area (Å²) in [7, 11) is 0. The molecule has 0 atom stereocenters. The minimum absolute atomic E-state index is 0.398. The summed E-state index contributed by atoms with van der Waals surface area (Å²) >= 11 is 0. The second-order valence-corrected chi connectivity index (χ2v) is 22.0. The fourth-order valence-electron chi connectivity index (χ4n) is 8.91. The molecule has 0 aromatic heterocycles. The van der Waals surface area contributed by atoms with Crippen molar-refractivity contribution in [2.24, 2.45) is 5.41 Å². The van der Waals surface area contributed by atoms with E-state index in [1.807, 2.05) is 0 Å². The van der Waals surface area contributed by atoms with Gasteiger partial charge in [0, 0.05) is 0 Å². The van der Waals surface area contributed by atoms with Crippen LogP contribution in [0.1, 0.15) is 244 Å². The lowest BCUT2D eigenvalue weighted by molar-refractivity contribution is -0.138. The summed E-state index contributed by atoms with van der Waals surface area (Å²) in [6.07, 6.45) is 22.1. The molecule has 0 aliphatic rings. The quantitative estimate of drug-likeness (QED) is 0.0798. The molecular weight excluding hydrogens is 701 g/mol. The Balaban J connectivity index is 3.02. The largest absolute Gasteiger partial charge is 0.395 e. The minimum atomic E-state index is -1.95. The summed E-state index contributed by atoms with van der Waals surface area (Å²) in [6, 6.07) is 9.21. The third-order valence-corrected chi connectivity index (χ3v) is 12.7. The van der Waals surface area contributed by atoms with Crippen molar-refractivity contribution in [3.63, 3.8) is 0 Å². The maximum Gasteiger partial charge on any atom is 0.128 e. The van der Waals surface area contributed by atoms with E-state index in [-0.39, 0.29) is 0 Å². The summed E-state index contributed by atoms with van der Waals surface area (Å²) in [4.78, 5) is 0. The SMILES string of the molecule is CCCCCCCCCCc1cc(C(C)(C)C)c(C(O)(c2c(C(C)(C)C)cc(CCCCCCCCCC)cc2C(C)(C)C)C(CO)(CO)CO)c(C(C)(C)C)c1. The number of hydrogen-bond acceptors (Lipinski definition) is 4. The van der Waals surface area contributed by atoms with Crippen molar-refractivity contribution in [1.29, 1.82) is 0 Å². The first-order valence-corrected chi connectivity index (χ1v) is 23.4. The Morgan fingerprint density at radius 3 is 0.807 bits per heavy atom. The lowest BCUT2D eigenvalue weighted by Gasteiger charge is -2.52. The van der Waals surface area contributed by atoms with Gasteiger partial charge in [-0.25, -0.2) is 0 Å². The molecule has 0 saturated heterocycles. The number of rotatable bonds is 24. The lowest BCUT2D eigenvalue weighted by atomic mass is 9.56. The van der Waals surface area contributed by atoms with E-state index in [0.29, 0.717) is 0 Å². The molecule has 0 amide bonds. The standard InChI is InChI=1S/C53H92O4/c1-15-17-19-21-23-25-27-29-31-40-33-42(48(3,4)5)46(43(34-40)49(6,7)8)53(57,52(37-54,38-55)39-56)47-44(50(9,10)11)35-41(36-45(47)51(12,13)14)32-30-28-26-24-22-20-18-16-2/h33-36,54-57H,15-32,37-39H2,1-14H3. The Hall–Kier alpha value is -1.72. The average Bonchev–Trinajstić information content (AvgIpc) is 3.12. The zero-order valence-corrected chi connectivity index (χ0v) is 39.9. The van der Waals surface area contributed by atoms with E-state index >= 15 is 0 Å². The highest BCUT2D eigenvalue weighted by Crippen LogP contribution is 2.56. The summed E-state index contributed by atoms with van der Waals surface area (Å²) < 4.78 is 0. The van der Waals surface area contributed by atoms with Crippen LogP contribution in [0.2, 0.25) is 0 Å². The molecule has 0 bridgehead atoms. The van der Waals surface area contributed by atoms with Crippen molar-refractivity contribution in [1.82, 2.24) is 0 Å². The van der Waals surface area contributed by atoms with E-state index in [2.05, 4.69) is 121 Å². The van der Waals surface area contributed by atoms with Crippen LogP contribution in [0, 0.1) is 5.41 Å². The summed E-state index contributed by atoms with van der Waals surface area (Å²) in [6.45, 7) is 29.3. The Morgan fingerprint density at radius 2 is 0.596 bits per heavy atom. The molecule has 0 heterocycles. The van der Waals surface area contributed by atoms with Crippen molar-refractivity contribution >= 4 is 0 Å². The molecule has 57 heavy (non-hydrogen) atoms. The molecule has 0 spiro atoms. The molecule has 2 aromatic rings. The van der Waals surface area contributed by atoms with Gasteiger partial charge in [0.15, 0.2) is 0 Å². The molecule has 2 aromatic carbocycles. The summed E-state index contributed by atoms with van der Waals surface area (Å²) in [5, 5.41) is 48.9. The topological polar surface area (TPSA) is 80.9 Å². The number of aryl methyl sites for hydroxylation is 2. The fraction of sp³-hybridized carbons (Fsp3) is 0.774. The minimum Gasteiger partial charge on any atom is -0.395 e. The van der Waals surface area contributed by atoms with Gasteiger partial charge >= 0.3 is 0 Å². The summed E-state index contributed by atoms with van der Waals surface area (Å²) in [5.41, 5.74) is 2.78. The molecule has 0 radical (unpaired) electrons. The number of unbranched alkanes of at least 4 members (excludes halogenated alkanes) is 14. The van der Waals surface area contributed by atoms with Gasteiger partial charge in [0.25, 0.3) is 0 Å². The van der Waals surface area contributed by atoms with Gasteiger partial charge in [0.05, 0.1) is 25.2 Å².